The summed E-state index contributed by atoms with van der Waals surface area (Å²) < 4.78 is 0. The van der Waals surface area contributed by atoms with Crippen LogP contribution < -0.4 is 0 Å². The Morgan fingerprint density at radius 2 is 1.65 bits per heavy atom. The minimum Gasteiger partial charge on any atom is -0.288 e. The Bertz CT molecular complexity index is 557. The number of benzene rings is 1. The second-order valence-electron chi connectivity index (χ2n) is 5.19. The Labute approximate surface area is 125 Å². The van der Waals surface area contributed by atoms with E-state index in [2.05, 4.69) is 32.9 Å². The van der Waals surface area contributed by atoms with Crippen LogP contribution in [0.1, 0.15) is 60.8 Å². The molecule has 1 aromatic carbocycles. The van der Waals surface area contributed by atoms with E-state index in [0.717, 1.165) is 29.7 Å². The highest BCUT2D eigenvalue weighted by Crippen LogP contribution is 2.37. The number of rotatable bonds is 6. The third kappa shape index (κ3) is 2.57. The van der Waals surface area contributed by atoms with Crippen LogP contribution in [-0.2, 0) is 5.41 Å². The lowest BCUT2D eigenvalue weighted by atomic mass is 9.71. The summed E-state index contributed by atoms with van der Waals surface area (Å²) in [5.74, 6) is 0.162. The molecule has 0 aliphatic heterocycles. The van der Waals surface area contributed by atoms with Crippen molar-refractivity contribution in [2.45, 2.75) is 45.4 Å². The SMILES string of the molecule is CCC(CC)(CC)c1ccccc1C(=O)c1cccs1. The summed E-state index contributed by atoms with van der Waals surface area (Å²) in [7, 11) is 0. The van der Waals surface area contributed by atoms with Crippen LogP contribution in [0.4, 0.5) is 0 Å². The van der Waals surface area contributed by atoms with Crippen molar-refractivity contribution in [3.63, 3.8) is 0 Å². The fraction of sp³-hybridized carbons (Fsp3) is 0.389. The molecule has 0 aliphatic rings. The molecule has 1 nitrogen and oxygen atoms in total. The van der Waals surface area contributed by atoms with Gasteiger partial charge in [0, 0.05) is 5.56 Å². The van der Waals surface area contributed by atoms with Gasteiger partial charge in [-0.05, 0) is 41.7 Å². The summed E-state index contributed by atoms with van der Waals surface area (Å²) in [6.07, 6.45) is 3.19. The summed E-state index contributed by atoms with van der Waals surface area (Å²) in [6, 6.07) is 12.0. The maximum absolute atomic E-state index is 12.7. The molecule has 0 unspecified atom stereocenters. The zero-order chi connectivity index (χ0) is 14.6. The Balaban J connectivity index is 2.53. The number of hydrogen-bond donors (Lipinski definition) is 0. The van der Waals surface area contributed by atoms with Gasteiger partial charge >= 0.3 is 0 Å². The van der Waals surface area contributed by atoms with Gasteiger partial charge in [-0.15, -0.1) is 11.3 Å². The predicted molar refractivity (Wildman–Crippen MR) is 86.7 cm³/mol. The Morgan fingerprint density at radius 1 is 1.00 bits per heavy atom. The molecular weight excluding hydrogens is 264 g/mol. The molecule has 1 aromatic heterocycles. The Morgan fingerprint density at radius 3 is 2.20 bits per heavy atom. The van der Waals surface area contributed by atoms with Crippen molar-refractivity contribution >= 4 is 17.1 Å². The maximum atomic E-state index is 12.7. The van der Waals surface area contributed by atoms with E-state index in [0.29, 0.717) is 0 Å². The first-order valence-corrected chi connectivity index (χ1v) is 8.24. The van der Waals surface area contributed by atoms with Crippen LogP contribution in [0.25, 0.3) is 0 Å². The van der Waals surface area contributed by atoms with Gasteiger partial charge in [-0.3, -0.25) is 4.79 Å². The van der Waals surface area contributed by atoms with E-state index in [1.165, 1.54) is 16.9 Å². The Kier molecular flexibility index (Phi) is 4.77. The van der Waals surface area contributed by atoms with Crippen molar-refractivity contribution in [1.29, 1.82) is 0 Å². The highest BCUT2D eigenvalue weighted by molar-refractivity contribution is 7.12. The molecule has 0 atom stereocenters. The largest absolute Gasteiger partial charge is 0.288 e. The quantitative estimate of drug-likeness (QED) is 0.646. The molecule has 0 saturated heterocycles. The van der Waals surface area contributed by atoms with E-state index in [9.17, 15) is 4.79 Å². The van der Waals surface area contributed by atoms with Gasteiger partial charge in [0.1, 0.15) is 0 Å². The lowest BCUT2D eigenvalue weighted by Crippen LogP contribution is -2.26. The van der Waals surface area contributed by atoms with E-state index in [1.807, 2.05) is 29.6 Å². The van der Waals surface area contributed by atoms with Crippen molar-refractivity contribution in [3.8, 4) is 0 Å². The second-order valence-corrected chi connectivity index (χ2v) is 6.14. The lowest BCUT2D eigenvalue weighted by Gasteiger charge is -2.32. The van der Waals surface area contributed by atoms with E-state index in [-0.39, 0.29) is 11.2 Å². The fourth-order valence-corrected chi connectivity index (χ4v) is 3.68. The normalized spacial score (nSPS) is 11.6. The van der Waals surface area contributed by atoms with Crippen LogP contribution in [-0.4, -0.2) is 5.78 Å². The molecule has 0 saturated carbocycles. The molecule has 0 bridgehead atoms. The topological polar surface area (TPSA) is 17.1 Å². The predicted octanol–water partition coefficient (Wildman–Crippen LogP) is 5.45. The first kappa shape index (κ1) is 15.0. The van der Waals surface area contributed by atoms with E-state index < -0.39 is 0 Å². The van der Waals surface area contributed by atoms with Gasteiger partial charge in [0.25, 0.3) is 0 Å². The molecule has 106 valence electrons. The third-order valence-corrected chi connectivity index (χ3v) is 5.39. The van der Waals surface area contributed by atoms with Crippen molar-refractivity contribution < 1.29 is 4.79 Å². The molecular formula is C18H22OS. The number of hydrogen-bond acceptors (Lipinski definition) is 2. The number of ketones is 1. The maximum Gasteiger partial charge on any atom is 0.203 e. The molecule has 0 spiro atoms. The third-order valence-electron chi connectivity index (χ3n) is 4.52. The monoisotopic (exact) mass is 286 g/mol. The van der Waals surface area contributed by atoms with Crippen molar-refractivity contribution in [1.82, 2.24) is 0 Å². The van der Waals surface area contributed by atoms with Crippen molar-refractivity contribution in [3.05, 3.63) is 57.8 Å². The fourth-order valence-electron chi connectivity index (χ4n) is 3.01. The highest BCUT2D eigenvalue weighted by atomic mass is 32.1. The molecule has 2 heteroatoms. The summed E-state index contributed by atoms with van der Waals surface area (Å²) in [5.41, 5.74) is 2.20. The van der Waals surface area contributed by atoms with Crippen LogP contribution in [0.15, 0.2) is 41.8 Å². The van der Waals surface area contributed by atoms with E-state index >= 15 is 0 Å². The molecule has 1 heterocycles. The highest BCUT2D eigenvalue weighted by Gasteiger charge is 2.30. The minimum absolute atomic E-state index is 0.115. The lowest BCUT2D eigenvalue weighted by molar-refractivity contribution is 0.103. The number of carbonyl (C=O) groups is 1. The van der Waals surface area contributed by atoms with Crippen LogP contribution >= 0.6 is 11.3 Å². The molecule has 0 aliphatic carbocycles. The molecule has 2 rings (SSSR count). The minimum atomic E-state index is 0.115. The average molecular weight is 286 g/mol. The van der Waals surface area contributed by atoms with Gasteiger partial charge in [-0.1, -0.05) is 51.1 Å². The van der Waals surface area contributed by atoms with Gasteiger partial charge in [0.05, 0.1) is 4.88 Å². The average Bonchev–Trinajstić information content (AvgIpc) is 3.04. The molecule has 0 amide bonds. The molecule has 0 radical (unpaired) electrons. The standard InChI is InChI=1S/C18H22OS/c1-4-18(5-2,6-3)15-11-8-7-10-14(15)17(19)16-12-9-13-20-16/h7-13H,4-6H2,1-3H3. The van der Waals surface area contributed by atoms with Crippen LogP contribution in [0.5, 0.6) is 0 Å². The summed E-state index contributed by atoms with van der Waals surface area (Å²) >= 11 is 1.52. The van der Waals surface area contributed by atoms with Crippen molar-refractivity contribution in [2.75, 3.05) is 0 Å². The van der Waals surface area contributed by atoms with E-state index in [4.69, 9.17) is 0 Å². The van der Waals surface area contributed by atoms with Crippen molar-refractivity contribution in [2.24, 2.45) is 0 Å². The molecule has 0 N–H and O–H groups in total. The molecule has 20 heavy (non-hydrogen) atoms. The second kappa shape index (κ2) is 6.36. The van der Waals surface area contributed by atoms with Crippen LogP contribution in [0.2, 0.25) is 0 Å². The summed E-state index contributed by atoms with van der Waals surface area (Å²) in [5, 5.41) is 1.96. The van der Waals surface area contributed by atoms with Gasteiger partial charge in [0.2, 0.25) is 5.78 Å². The molecule has 0 fully saturated rings. The summed E-state index contributed by atoms with van der Waals surface area (Å²) in [6.45, 7) is 6.66. The van der Waals surface area contributed by atoms with Gasteiger partial charge in [0.15, 0.2) is 0 Å². The van der Waals surface area contributed by atoms with E-state index in [1.54, 1.807) is 0 Å². The number of carbonyl (C=O) groups excluding carboxylic acids is 1. The number of thiophene rings is 1. The first-order chi connectivity index (χ1) is 9.68. The summed E-state index contributed by atoms with van der Waals surface area (Å²) in [4.78, 5) is 13.6. The van der Waals surface area contributed by atoms with Gasteiger partial charge in [-0.25, -0.2) is 0 Å². The zero-order valence-electron chi connectivity index (χ0n) is 12.5. The molecule has 2 aromatic rings. The van der Waals surface area contributed by atoms with Crippen LogP contribution in [0, 0.1) is 0 Å². The van der Waals surface area contributed by atoms with Gasteiger partial charge < -0.3 is 0 Å². The van der Waals surface area contributed by atoms with Crippen LogP contribution in [0.3, 0.4) is 0 Å². The first-order valence-electron chi connectivity index (χ1n) is 7.36. The Hall–Kier alpha value is -1.41. The smallest absolute Gasteiger partial charge is 0.203 e. The zero-order valence-corrected chi connectivity index (χ0v) is 13.3. The van der Waals surface area contributed by atoms with Gasteiger partial charge in [-0.2, -0.15) is 0 Å².